The Labute approximate surface area is 235 Å². The first kappa shape index (κ1) is 28.5. The van der Waals surface area contributed by atoms with Crippen molar-refractivity contribution in [2.24, 2.45) is 11.8 Å². The minimum absolute atomic E-state index is 0.0295. The van der Waals surface area contributed by atoms with Gasteiger partial charge in [-0.1, -0.05) is 13.3 Å². The molecule has 0 bridgehead atoms. The van der Waals surface area contributed by atoms with Crippen molar-refractivity contribution < 1.29 is 42.1 Å². The van der Waals surface area contributed by atoms with E-state index < -0.39 is 52.9 Å². The van der Waals surface area contributed by atoms with Crippen LogP contribution >= 0.6 is 11.3 Å². The Hall–Kier alpha value is -3.01. The van der Waals surface area contributed by atoms with Gasteiger partial charge in [0.1, 0.15) is 23.0 Å². The van der Waals surface area contributed by atoms with Crippen LogP contribution in [0.1, 0.15) is 50.8 Å². The zero-order valence-electron chi connectivity index (χ0n) is 22.6. The van der Waals surface area contributed by atoms with Crippen LogP contribution in [0.2, 0.25) is 0 Å². The number of amides is 1. The van der Waals surface area contributed by atoms with Crippen LogP contribution < -0.4 is 0 Å². The molecule has 0 aromatic carbocycles. The number of sulfonamides is 1. The molecule has 40 heavy (non-hydrogen) atoms. The summed E-state index contributed by atoms with van der Waals surface area (Å²) in [6.45, 7) is 2.65. The Morgan fingerprint density at radius 3 is 2.58 bits per heavy atom. The van der Waals surface area contributed by atoms with Gasteiger partial charge in [-0.3, -0.25) is 9.20 Å². The molecule has 1 N–H and O–H groups in total. The Balaban J connectivity index is 1.42. The predicted molar refractivity (Wildman–Crippen MR) is 141 cm³/mol. The highest BCUT2D eigenvalue weighted by Crippen LogP contribution is 2.52. The van der Waals surface area contributed by atoms with Gasteiger partial charge in [0.2, 0.25) is 17.7 Å². The molecule has 1 aliphatic carbocycles. The Morgan fingerprint density at radius 1 is 1.23 bits per heavy atom. The molecule has 15 heteroatoms. The number of rotatable bonds is 8. The van der Waals surface area contributed by atoms with E-state index in [9.17, 15) is 27.9 Å². The lowest BCUT2D eigenvalue weighted by atomic mass is 9.77. The first-order valence-electron chi connectivity index (χ1n) is 13.1. The Morgan fingerprint density at radius 2 is 1.93 bits per heavy atom. The zero-order valence-corrected chi connectivity index (χ0v) is 24.2. The number of esters is 1. The second-order valence-electron chi connectivity index (χ2n) is 10.5. The van der Waals surface area contributed by atoms with Crippen molar-refractivity contribution in [1.29, 1.82) is 0 Å². The lowest BCUT2D eigenvalue weighted by molar-refractivity contribution is -0.167. The fourth-order valence-electron chi connectivity index (χ4n) is 5.69. The molecule has 4 atom stereocenters. The number of aliphatic hydroxyl groups is 1. The number of β-lactam (4-membered cyclic amide) rings is 1. The first-order valence-corrected chi connectivity index (χ1v) is 15.3. The first-order chi connectivity index (χ1) is 18.9. The van der Waals surface area contributed by atoms with E-state index >= 15 is 0 Å². The number of hydrogen-bond acceptors (Lipinski definition) is 11. The Bertz CT molecular complexity index is 1470. The average Bonchev–Trinajstić information content (AvgIpc) is 3.54. The highest BCUT2D eigenvalue weighted by molar-refractivity contribution is 7.89. The van der Waals surface area contributed by atoms with Gasteiger partial charge < -0.3 is 24.2 Å². The van der Waals surface area contributed by atoms with Gasteiger partial charge >= 0.3 is 12.1 Å². The summed E-state index contributed by atoms with van der Waals surface area (Å²) in [4.78, 5) is 44.7. The monoisotopic (exact) mass is 596 g/mol. The summed E-state index contributed by atoms with van der Waals surface area (Å²) >= 11 is 1.11. The fraction of sp³-hybridized carbons (Fsp3) is 0.600. The highest BCUT2D eigenvalue weighted by atomic mass is 32.2. The van der Waals surface area contributed by atoms with Gasteiger partial charge in [-0.15, -0.1) is 11.3 Å². The molecule has 13 nitrogen and oxygen atoms in total. The van der Waals surface area contributed by atoms with Gasteiger partial charge in [0.25, 0.3) is 10.0 Å². The van der Waals surface area contributed by atoms with E-state index in [-0.39, 0.29) is 22.7 Å². The smallest absolute Gasteiger partial charge is 0.431 e. The molecular formula is C25H32N4O9S2. The summed E-state index contributed by atoms with van der Waals surface area (Å²) in [5.74, 6) is -2.41. The van der Waals surface area contributed by atoms with E-state index in [1.54, 1.807) is 10.6 Å². The van der Waals surface area contributed by atoms with E-state index in [0.29, 0.717) is 15.3 Å². The molecule has 2 aromatic rings. The third-order valence-corrected chi connectivity index (χ3v) is 10.7. The summed E-state index contributed by atoms with van der Waals surface area (Å²) in [6.07, 6.45) is 5.47. The van der Waals surface area contributed by atoms with Crippen LogP contribution in [0.3, 0.4) is 0 Å². The molecule has 0 spiro atoms. The SMILES string of the molecule is C[C@@H](O)[C@H]1C(=O)N2C(C(=O)OCOC(=O)OC3CCCCC3)=C(c3cn4cnc(S(=O)(=O)N(C)C)c4s3)[C@H](C)[C@H]12. The topological polar surface area (TPSA) is 157 Å². The van der Waals surface area contributed by atoms with Gasteiger partial charge in [-0.2, -0.15) is 0 Å². The molecule has 1 amide bonds. The standard InChI is InChI=1S/C25H32N4O9S2/c1-13-17(16-10-28-11-26-21(23(28)39-16)40(34,35)27(3)4)20(29-19(13)18(14(2)30)22(29)31)24(32)36-12-37-25(33)38-15-8-6-5-7-9-15/h10-11,13-15,18-19,30H,5-9,12H2,1-4H3/t13-,14+,18+,19+/m0/s1. The van der Waals surface area contributed by atoms with Gasteiger partial charge in [0.05, 0.1) is 22.9 Å². The largest absolute Gasteiger partial charge is 0.511 e. The van der Waals surface area contributed by atoms with Crippen LogP contribution in [0.4, 0.5) is 4.79 Å². The van der Waals surface area contributed by atoms with Crippen LogP contribution in [0.5, 0.6) is 0 Å². The minimum atomic E-state index is -3.84. The third-order valence-electron chi connectivity index (χ3n) is 7.72. The Kier molecular flexibility index (Phi) is 7.67. The summed E-state index contributed by atoms with van der Waals surface area (Å²) in [5.41, 5.74) is 0.441. The molecule has 2 fully saturated rings. The van der Waals surface area contributed by atoms with E-state index in [1.165, 1.54) is 32.2 Å². The normalized spacial score (nSPS) is 24.3. The molecule has 0 radical (unpaired) electrons. The van der Waals surface area contributed by atoms with Gasteiger partial charge in [-0.05, 0) is 32.6 Å². The average molecular weight is 597 g/mol. The number of nitrogens with zero attached hydrogens (tertiary/aromatic N) is 4. The molecule has 2 aliphatic heterocycles. The van der Waals surface area contributed by atoms with E-state index in [0.717, 1.165) is 47.7 Å². The summed E-state index contributed by atoms with van der Waals surface area (Å²) in [5, 5.41) is 10.1. The van der Waals surface area contributed by atoms with Crippen LogP contribution in [-0.4, -0.2) is 89.3 Å². The van der Waals surface area contributed by atoms with Crippen LogP contribution in [0.25, 0.3) is 10.4 Å². The minimum Gasteiger partial charge on any atom is -0.431 e. The lowest BCUT2D eigenvalue weighted by Gasteiger charge is -2.46. The number of imidazole rings is 1. The number of carbonyl (C=O) groups excluding carboxylic acids is 3. The molecule has 218 valence electrons. The van der Waals surface area contributed by atoms with Crippen molar-refractivity contribution in [3.63, 3.8) is 0 Å². The summed E-state index contributed by atoms with van der Waals surface area (Å²) in [7, 11) is -1.02. The number of hydrogen-bond donors (Lipinski definition) is 1. The van der Waals surface area contributed by atoms with E-state index in [2.05, 4.69) is 4.98 Å². The number of aliphatic hydroxyl groups excluding tert-OH is 1. The quantitative estimate of drug-likeness (QED) is 0.272. The molecular weight excluding hydrogens is 564 g/mol. The van der Waals surface area contributed by atoms with Gasteiger partial charge in [0.15, 0.2) is 0 Å². The zero-order chi connectivity index (χ0) is 28.9. The number of ether oxygens (including phenoxy) is 3. The number of thiazole rings is 1. The van der Waals surface area contributed by atoms with Gasteiger partial charge in [-0.25, -0.2) is 27.3 Å². The lowest BCUT2D eigenvalue weighted by Crippen LogP contribution is -2.63. The third kappa shape index (κ3) is 4.78. The van der Waals surface area contributed by atoms with Crippen molar-refractivity contribution in [2.45, 2.75) is 69.2 Å². The molecule has 1 saturated heterocycles. The number of aromatic nitrogens is 2. The molecule has 4 heterocycles. The van der Waals surface area contributed by atoms with E-state index in [4.69, 9.17) is 14.2 Å². The molecule has 5 rings (SSSR count). The second-order valence-corrected chi connectivity index (χ2v) is 13.6. The number of carbonyl (C=O) groups is 3. The maximum Gasteiger partial charge on any atom is 0.511 e. The van der Waals surface area contributed by atoms with Gasteiger partial charge in [0, 0.05) is 31.8 Å². The van der Waals surface area contributed by atoms with E-state index in [1.807, 2.05) is 6.92 Å². The molecule has 3 aliphatic rings. The number of fused-ring (bicyclic) bond motifs is 2. The maximum absolute atomic E-state index is 13.3. The molecule has 2 aromatic heterocycles. The summed E-state index contributed by atoms with van der Waals surface area (Å²) < 4.78 is 43.7. The van der Waals surface area contributed by atoms with Crippen molar-refractivity contribution in [1.82, 2.24) is 18.6 Å². The highest BCUT2D eigenvalue weighted by Gasteiger charge is 2.60. The predicted octanol–water partition coefficient (Wildman–Crippen LogP) is 2.20. The van der Waals surface area contributed by atoms with Crippen LogP contribution in [0, 0.1) is 11.8 Å². The van der Waals surface area contributed by atoms with Crippen molar-refractivity contribution in [3.05, 3.63) is 23.1 Å². The van der Waals surface area contributed by atoms with Crippen molar-refractivity contribution >= 4 is 49.8 Å². The molecule has 0 unspecified atom stereocenters. The second kappa shape index (κ2) is 10.8. The fourth-order valence-corrected chi connectivity index (χ4v) is 8.09. The molecule has 1 saturated carbocycles. The summed E-state index contributed by atoms with van der Waals surface area (Å²) in [6, 6.07) is -0.494. The maximum atomic E-state index is 13.3. The van der Waals surface area contributed by atoms with Crippen molar-refractivity contribution in [3.8, 4) is 0 Å². The van der Waals surface area contributed by atoms with Crippen LogP contribution in [0.15, 0.2) is 23.2 Å². The van der Waals surface area contributed by atoms with Crippen LogP contribution in [-0.2, 0) is 33.8 Å². The van der Waals surface area contributed by atoms with Crippen molar-refractivity contribution in [2.75, 3.05) is 20.9 Å².